The Morgan fingerprint density at radius 2 is 2.29 bits per heavy atom. The molecule has 0 bridgehead atoms. The Hall–Kier alpha value is -1.59. The molecule has 0 saturated heterocycles. The van der Waals surface area contributed by atoms with E-state index in [1.54, 1.807) is 11.3 Å². The van der Waals surface area contributed by atoms with Crippen LogP contribution in [0.3, 0.4) is 0 Å². The highest BCUT2D eigenvalue weighted by molar-refractivity contribution is 7.17. The zero-order chi connectivity index (χ0) is 9.80. The zero-order valence-corrected chi connectivity index (χ0v) is 8.30. The maximum Gasteiger partial charge on any atom is 0.131 e. The first-order chi connectivity index (χ1) is 6.92. The maximum absolute atomic E-state index is 10.1. The Bertz CT molecular complexity index is 514. The van der Waals surface area contributed by atoms with E-state index in [-0.39, 0.29) is 0 Å². The number of hydrogen-bond donors (Lipinski definition) is 0. The van der Waals surface area contributed by atoms with E-state index in [1.165, 1.54) is 10.1 Å². The van der Waals surface area contributed by atoms with Crippen LogP contribution in [-0.4, -0.2) is 6.29 Å². The number of aldehydes is 1. The molecule has 0 atom stereocenters. The molecule has 0 aliphatic rings. The summed E-state index contributed by atoms with van der Waals surface area (Å²) in [6.07, 6.45) is 1.13. The van der Waals surface area contributed by atoms with Crippen LogP contribution in [0.15, 0.2) is 29.6 Å². The molecule has 2 heteroatoms. The SMILES string of the molecule is O=CCC#Cc1cccc2sccc12. The van der Waals surface area contributed by atoms with Crippen LogP contribution in [0, 0.1) is 11.8 Å². The predicted octanol–water partition coefficient (Wildman–Crippen LogP) is 2.84. The number of hydrogen-bond acceptors (Lipinski definition) is 2. The van der Waals surface area contributed by atoms with Crippen LogP contribution in [0.25, 0.3) is 10.1 Å². The van der Waals surface area contributed by atoms with Crippen molar-refractivity contribution in [3.63, 3.8) is 0 Å². The van der Waals surface area contributed by atoms with Gasteiger partial charge in [0, 0.05) is 15.6 Å². The molecule has 1 aromatic carbocycles. The van der Waals surface area contributed by atoms with Gasteiger partial charge in [0.1, 0.15) is 6.29 Å². The van der Waals surface area contributed by atoms with Gasteiger partial charge in [-0.1, -0.05) is 17.9 Å². The summed E-state index contributed by atoms with van der Waals surface area (Å²) in [5.74, 6) is 5.82. The van der Waals surface area contributed by atoms with E-state index in [0.717, 1.165) is 11.8 Å². The molecule has 0 unspecified atom stereocenters. The summed E-state index contributed by atoms with van der Waals surface area (Å²) in [5.41, 5.74) is 1.01. The fourth-order valence-electron chi connectivity index (χ4n) is 1.29. The lowest BCUT2D eigenvalue weighted by atomic mass is 10.1. The second-order valence-electron chi connectivity index (χ2n) is 2.81. The summed E-state index contributed by atoms with van der Waals surface area (Å²) in [4.78, 5) is 10.1. The van der Waals surface area contributed by atoms with Gasteiger partial charge >= 0.3 is 0 Å². The van der Waals surface area contributed by atoms with E-state index < -0.39 is 0 Å². The maximum atomic E-state index is 10.1. The lowest BCUT2D eigenvalue weighted by Gasteiger charge is -1.92. The van der Waals surface area contributed by atoms with Gasteiger partial charge < -0.3 is 4.79 Å². The average molecular weight is 200 g/mol. The Kier molecular flexibility index (Phi) is 2.62. The first-order valence-electron chi connectivity index (χ1n) is 4.30. The molecule has 2 aromatic rings. The largest absolute Gasteiger partial charge is 0.302 e. The van der Waals surface area contributed by atoms with Gasteiger partial charge in [-0.15, -0.1) is 11.3 Å². The third kappa shape index (κ3) is 1.68. The fraction of sp³-hybridized carbons (Fsp3) is 0.0833. The van der Waals surface area contributed by atoms with Gasteiger partial charge in [-0.05, 0) is 23.6 Å². The lowest BCUT2D eigenvalue weighted by molar-refractivity contribution is -0.107. The molecule has 0 aliphatic heterocycles. The summed E-state index contributed by atoms with van der Waals surface area (Å²) in [6.45, 7) is 0. The van der Waals surface area contributed by atoms with E-state index in [4.69, 9.17) is 0 Å². The molecule has 0 aliphatic carbocycles. The Balaban J connectivity index is 2.47. The van der Waals surface area contributed by atoms with Crippen LogP contribution in [-0.2, 0) is 4.79 Å². The Morgan fingerprint density at radius 3 is 3.14 bits per heavy atom. The van der Waals surface area contributed by atoms with Gasteiger partial charge in [0.05, 0.1) is 6.42 Å². The summed E-state index contributed by atoms with van der Waals surface area (Å²) >= 11 is 1.70. The van der Waals surface area contributed by atoms with E-state index >= 15 is 0 Å². The number of rotatable bonds is 1. The zero-order valence-electron chi connectivity index (χ0n) is 7.49. The number of carbonyl (C=O) groups is 1. The molecule has 68 valence electrons. The second kappa shape index (κ2) is 4.08. The van der Waals surface area contributed by atoms with Gasteiger partial charge in [0.15, 0.2) is 0 Å². The van der Waals surface area contributed by atoms with Crippen molar-refractivity contribution >= 4 is 27.7 Å². The first-order valence-corrected chi connectivity index (χ1v) is 5.18. The van der Waals surface area contributed by atoms with Crippen molar-refractivity contribution in [2.45, 2.75) is 6.42 Å². The number of thiophene rings is 1. The molecule has 0 amide bonds. The van der Waals surface area contributed by atoms with Crippen LogP contribution in [0.1, 0.15) is 12.0 Å². The minimum Gasteiger partial charge on any atom is -0.302 e. The van der Waals surface area contributed by atoms with E-state index in [2.05, 4.69) is 29.4 Å². The van der Waals surface area contributed by atoms with Gasteiger partial charge in [0.2, 0.25) is 0 Å². The van der Waals surface area contributed by atoms with Gasteiger partial charge in [-0.3, -0.25) is 0 Å². The molecular weight excluding hydrogens is 192 g/mol. The van der Waals surface area contributed by atoms with E-state index in [0.29, 0.717) is 6.42 Å². The highest BCUT2D eigenvalue weighted by atomic mass is 32.1. The van der Waals surface area contributed by atoms with Crippen LogP contribution in [0.5, 0.6) is 0 Å². The van der Waals surface area contributed by atoms with Crippen molar-refractivity contribution in [2.24, 2.45) is 0 Å². The number of fused-ring (bicyclic) bond motifs is 1. The van der Waals surface area contributed by atoms with E-state index in [1.807, 2.05) is 12.1 Å². The van der Waals surface area contributed by atoms with Gasteiger partial charge in [-0.25, -0.2) is 0 Å². The Labute approximate surface area is 86.4 Å². The molecule has 2 rings (SSSR count). The normalized spacial score (nSPS) is 9.43. The van der Waals surface area contributed by atoms with Crippen LogP contribution in [0.2, 0.25) is 0 Å². The third-order valence-corrected chi connectivity index (χ3v) is 2.79. The third-order valence-electron chi connectivity index (χ3n) is 1.90. The summed E-state index contributed by atoms with van der Waals surface area (Å²) in [6, 6.07) is 8.10. The summed E-state index contributed by atoms with van der Waals surface area (Å²) < 4.78 is 1.24. The standard InChI is InChI=1S/C12H8OS/c13-8-2-1-4-10-5-3-6-12-11(10)7-9-14-12/h3,5-9H,2H2. The molecule has 1 aromatic heterocycles. The molecular formula is C12H8OS. The average Bonchev–Trinajstić information content (AvgIpc) is 2.67. The van der Waals surface area contributed by atoms with Crippen molar-refractivity contribution in [1.82, 2.24) is 0 Å². The van der Waals surface area contributed by atoms with Gasteiger partial charge in [-0.2, -0.15) is 0 Å². The molecule has 0 spiro atoms. The minimum absolute atomic E-state index is 0.306. The monoisotopic (exact) mass is 200 g/mol. The number of carbonyl (C=O) groups excluding carboxylic acids is 1. The molecule has 0 fully saturated rings. The predicted molar refractivity (Wildman–Crippen MR) is 59.4 cm³/mol. The lowest BCUT2D eigenvalue weighted by Crippen LogP contribution is -1.75. The Morgan fingerprint density at radius 1 is 1.36 bits per heavy atom. The van der Waals surface area contributed by atoms with Crippen LogP contribution < -0.4 is 0 Å². The van der Waals surface area contributed by atoms with Crippen LogP contribution >= 0.6 is 11.3 Å². The smallest absolute Gasteiger partial charge is 0.131 e. The highest BCUT2D eigenvalue weighted by Crippen LogP contribution is 2.23. The minimum atomic E-state index is 0.306. The molecule has 0 saturated carbocycles. The summed E-state index contributed by atoms with van der Waals surface area (Å²) in [5, 5.41) is 3.23. The van der Waals surface area contributed by atoms with Crippen molar-refractivity contribution in [3.8, 4) is 11.8 Å². The van der Waals surface area contributed by atoms with Crippen molar-refractivity contribution in [2.75, 3.05) is 0 Å². The molecule has 0 N–H and O–H groups in total. The second-order valence-corrected chi connectivity index (χ2v) is 3.76. The highest BCUT2D eigenvalue weighted by Gasteiger charge is 1.97. The quantitative estimate of drug-likeness (QED) is 0.511. The molecule has 1 heterocycles. The van der Waals surface area contributed by atoms with Crippen LogP contribution in [0.4, 0.5) is 0 Å². The molecule has 1 nitrogen and oxygen atoms in total. The summed E-state index contributed by atoms with van der Waals surface area (Å²) in [7, 11) is 0. The van der Waals surface area contributed by atoms with Crippen molar-refractivity contribution < 1.29 is 4.79 Å². The fourth-order valence-corrected chi connectivity index (χ4v) is 2.10. The van der Waals surface area contributed by atoms with E-state index in [9.17, 15) is 4.79 Å². The van der Waals surface area contributed by atoms with Crippen molar-refractivity contribution in [1.29, 1.82) is 0 Å². The van der Waals surface area contributed by atoms with Gasteiger partial charge in [0.25, 0.3) is 0 Å². The first kappa shape index (κ1) is 8.98. The number of benzene rings is 1. The topological polar surface area (TPSA) is 17.1 Å². The van der Waals surface area contributed by atoms with Crippen molar-refractivity contribution in [3.05, 3.63) is 35.2 Å². The molecule has 0 radical (unpaired) electrons. The molecule has 14 heavy (non-hydrogen) atoms.